The van der Waals surface area contributed by atoms with Crippen molar-refractivity contribution in [3.63, 3.8) is 0 Å². The van der Waals surface area contributed by atoms with Crippen molar-refractivity contribution in [3.8, 4) is 0 Å². The number of carbonyl (C=O) groups is 2. The van der Waals surface area contributed by atoms with Crippen molar-refractivity contribution in [2.24, 2.45) is 0 Å². The summed E-state index contributed by atoms with van der Waals surface area (Å²) in [6.45, 7) is 6.16. The predicted molar refractivity (Wildman–Crippen MR) is 76.1 cm³/mol. The lowest BCUT2D eigenvalue weighted by Crippen LogP contribution is -2.33. The highest BCUT2D eigenvalue weighted by atomic mass is 16.6. The zero-order valence-electron chi connectivity index (χ0n) is 12.4. The lowest BCUT2D eigenvalue weighted by atomic mass is 10.1. The summed E-state index contributed by atoms with van der Waals surface area (Å²) in [5.41, 5.74) is 1.05. The summed E-state index contributed by atoms with van der Waals surface area (Å²) >= 11 is 0. The Balaban J connectivity index is 2.07. The molecule has 1 aliphatic heterocycles. The molecule has 114 valence electrons. The van der Waals surface area contributed by atoms with E-state index in [0.29, 0.717) is 25.2 Å². The van der Waals surface area contributed by atoms with Gasteiger partial charge in [0.25, 0.3) is 0 Å². The molecule has 0 spiro atoms. The molecule has 0 fully saturated rings. The first-order chi connectivity index (χ1) is 9.76. The summed E-state index contributed by atoms with van der Waals surface area (Å²) in [5.74, 6) is 0. The number of nitrogens with zero attached hydrogens (tertiary/aromatic N) is 3. The van der Waals surface area contributed by atoms with Gasteiger partial charge in [0.05, 0.1) is 5.69 Å². The number of rotatable bonds is 1. The van der Waals surface area contributed by atoms with Crippen molar-refractivity contribution in [3.05, 3.63) is 24.3 Å². The van der Waals surface area contributed by atoms with E-state index < -0.39 is 17.8 Å². The second kappa shape index (κ2) is 5.59. The highest BCUT2D eigenvalue weighted by molar-refractivity contribution is 5.74. The van der Waals surface area contributed by atoms with Crippen LogP contribution in [0.5, 0.6) is 0 Å². The zero-order chi connectivity index (χ0) is 15.6. The standard InChI is InChI=1S/C14H19N3O4/c1-14(2,3)21-13(20)17-8-11(15-9-17)10-4-6-16(7-5-10)12(18)19/h4,8-9H,5-7H2,1-3H3,(H,18,19). The first-order valence-corrected chi connectivity index (χ1v) is 6.71. The highest BCUT2D eigenvalue weighted by Crippen LogP contribution is 2.21. The second-order valence-electron chi connectivity index (χ2n) is 5.85. The van der Waals surface area contributed by atoms with Crippen molar-refractivity contribution in [1.82, 2.24) is 14.5 Å². The van der Waals surface area contributed by atoms with Crippen LogP contribution in [-0.4, -0.2) is 50.4 Å². The molecule has 1 aliphatic rings. The Kier molecular flexibility index (Phi) is 4.02. The summed E-state index contributed by atoms with van der Waals surface area (Å²) in [7, 11) is 0. The van der Waals surface area contributed by atoms with Gasteiger partial charge in [-0.25, -0.2) is 19.1 Å². The number of carbonyl (C=O) groups excluding carboxylic acids is 1. The Morgan fingerprint density at radius 2 is 2.10 bits per heavy atom. The Bertz CT molecular complexity index is 583. The van der Waals surface area contributed by atoms with E-state index in [9.17, 15) is 9.59 Å². The fraction of sp³-hybridized carbons (Fsp3) is 0.500. The van der Waals surface area contributed by atoms with E-state index in [1.54, 1.807) is 27.0 Å². The van der Waals surface area contributed by atoms with E-state index in [1.165, 1.54) is 15.8 Å². The molecule has 0 radical (unpaired) electrons. The van der Waals surface area contributed by atoms with Crippen molar-refractivity contribution >= 4 is 17.8 Å². The number of aromatic nitrogens is 2. The van der Waals surface area contributed by atoms with Gasteiger partial charge in [-0.3, -0.25) is 0 Å². The molecule has 0 aromatic carbocycles. The molecule has 2 heterocycles. The van der Waals surface area contributed by atoms with Crippen LogP contribution in [0.4, 0.5) is 9.59 Å². The number of hydrogen-bond donors (Lipinski definition) is 1. The monoisotopic (exact) mass is 293 g/mol. The van der Waals surface area contributed by atoms with Gasteiger partial charge in [0.1, 0.15) is 11.9 Å². The van der Waals surface area contributed by atoms with E-state index in [2.05, 4.69) is 4.98 Å². The van der Waals surface area contributed by atoms with Crippen LogP contribution in [0.25, 0.3) is 5.57 Å². The summed E-state index contributed by atoms with van der Waals surface area (Å²) < 4.78 is 6.55. The molecule has 1 amide bonds. The van der Waals surface area contributed by atoms with E-state index in [4.69, 9.17) is 9.84 Å². The molecule has 1 aromatic rings. The Labute approximate surface area is 122 Å². The second-order valence-corrected chi connectivity index (χ2v) is 5.85. The van der Waals surface area contributed by atoms with Gasteiger partial charge in [-0.2, -0.15) is 0 Å². The van der Waals surface area contributed by atoms with Crippen LogP contribution in [0.1, 0.15) is 32.9 Å². The third-order valence-electron chi connectivity index (χ3n) is 3.00. The predicted octanol–water partition coefficient (Wildman–Crippen LogP) is 2.43. The minimum atomic E-state index is -0.926. The molecule has 0 aliphatic carbocycles. The number of ether oxygens (including phenoxy) is 1. The molecule has 7 nitrogen and oxygen atoms in total. The van der Waals surface area contributed by atoms with Gasteiger partial charge in [-0.15, -0.1) is 0 Å². The number of carboxylic acid groups (broad SMARTS) is 1. The van der Waals surface area contributed by atoms with Gasteiger partial charge in [0, 0.05) is 19.3 Å². The van der Waals surface area contributed by atoms with E-state index in [-0.39, 0.29) is 0 Å². The molecule has 0 atom stereocenters. The fourth-order valence-electron chi connectivity index (χ4n) is 1.98. The van der Waals surface area contributed by atoms with Gasteiger partial charge < -0.3 is 14.7 Å². The van der Waals surface area contributed by atoms with Crippen molar-refractivity contribution in [2.45, 2.75) is 32.8 Å². The summed E-state index contributed by atoms with van der Waals surface area (Å²) in [6, 6.07) is 0. The molecule has 21 heavy (non-hydrogen) atoms. The fourth-order valence-corrected chi connectivity index (χ4v) is 1.98. The molecule has 7 heteroatoms. The molecular weight excluding hydrogens is 274 g/mol. The van der Waals surface area contributed by atoms with Crippen LogP contribution in [0.15, 0.2) is 18.6 Å². The summed E-state index contributed by atoms with van der Waals surface area (Å²) in [5, 5.41) is 8.90. The maximum atomic E-state index is 11.9. The van der Waals surface area contributed by atoms with Crippen LogP contribution in [0.2, 0.25) is 0 Å². The zero-order valence-corrected chi connectivity index (χ0v) is 12.4. The van der Waals surface area contributed by atoms with Crippen molar-refractivity contribution in [1.29, 1.82) is 0 Å². The number of imidazole rings is 1. The molecular formula is C14H19N3O4. The number of hydrogen-bond acceptors (Lipinski definition) is 4. The first-order valence-electron chi connectivity index (χ1n) is 6.71. The SMILES string of the molecule is CC(C)(C)OC(=O)n1cnc(C2=CCN(C(=O)O)CC2)c1. The molecule has 1 N–H and O–H groups in total. The molecule has 0 unspecified atom stereocenters. The van der Waals surface area contributed by atoms with Crippen LogP contribution in [0.3, 0.4) is 0 Å². The van der Waals surface area contributed by atoms with E-state index >= 15 is 0 Å². The lowest BCUT2D eigenvalue weighted by molar-refractivity contribution is 0.0536. The minimum Gasteiger partial charge on any atom is -0.465 e. The van der Waals surface area contributed by atoms with Crippen LogP contribution in [0, 0.1) is 0 Å². The summed E-state index contributed by atoms with van der Waals surface area (Å²) in [6.07, 6.45) is 4.01. The maximum Gasteiger partial charge on any atom is 0.419 e. The van der Waals surface area contributed by atoms with E-state index in [0.717, 1.165) is 5.57 Å². The van der Waals surface area contributed by atoms with Crippen LogP contribution in [-0.2, 0) is 4.74 Å². The molecule has 0 bridgehead atoms. The van der Waals surface area contributed by atoms with E-state index in [1.807, 2.05) is 6.08 Å². The van der Waals surface area contributed by atoms with Gasteiger partial charge in [0.15, 0.2) is 0 Å². The Morgan fingerprint density at radius 1 is 1.38 bits per heavy atom. The quantitative estimate of drug-likeness (QED) is 0.859. The van der Waals surface area contributed by atoms with Gasteiger partial charge in [-0.1, -0.05) is 6.08 Å². The summed E-state index contributed by atoms with van der Waals surface area (Å²) in [4.78, 5) is 28.2. The smallest absolute Gasteiger partial charge is 0.419 e. The average molecular weight is 293 g/mol. The maximum absolute atomic E-state index is 11.9. The average Bonchev–Trinajstić information content (AvgIpc) is 2.86. The molecule has 0 saturated heterocycles. The van der Waals surface area contributed by atoms with Gasteiger partial charge in [-0.05, 0) is 32.8 Å². The Hall–Kier alpha value is -2.31. The topological polar surface area (TPSA) is 84.7 Å². The third-order valence-corrected chi connectivity index (χ3v) is 3.00. The minimum absolute atomic E-state index is 0.337. The lowest BCUT2D eigenvalue weighted by Gasteiger charge is -2.22. The Morgan fingerprint density at radius 3 is 2.62 bits per heavy atom. The normalized spacial score (nSPS) is 15.6. The van der Waals surface area contributed by atoms with Gasteiger partial charge in [0.2, 0.25) is 0 Å². The van der Waals surface area contributed by atoms with Crippen LogP contribution >= 0.6 is 0 Å². The first kappa shape index (κ1) is 15.1. The van der Waals surface area contributed by atoms with Crippen molar-refractivity contribution in [2.75, 3.05) is 13.1 Å². The van der Waals surface area contributed by atoms with Crippen LogP contribution < -0.4 is 0 Å². The highest BCUT2D eigenvalue weighted by Gasteiger charge is 2.21. The molecule has 1 aromatic heterocycles. The number of amides is 1. The van der Waals surface area contributed by atoms with Gasteiger partial charge >= 0.3 is 12.2 Å². The largest absolute Gasteiger partial charge is 0.465 e. The van der Waals surface area contributed by atoms with Crippen molar-refractivity contribution < 1.29 is 19.4 Å². The molecule has 0 saturated carbocycles. The third kappa shape index (κ3) is 3.84. The molecule has 2 rings (SSSR count).